The summed E-state index contributed by atoms with van der Waals surface area (Å²) < 4.78 is 0. The van der Waals surface area contributed by atoms with Gasteiger partial charge in [0.15, 0.2) is 0 Å². The van der Waals surface area contributed by atoms with Gasteiger partial charge < -0.3 is 0 Å². The van der Waals surface area contributed by atoms with Crippen LogP contribution in [-0.4, -0.2) is 0 Å². The van der Waals surface area contributed by atoms with Crippen molar-refractivity contribution in [1.82, 2.24) is 0 Å². The second kappa shape index (κ2) is 5.49. The SMILES string of the molecule is C=CC[C+](CC)CC=C. The van der Waals surface area contributed by atoms with Crippen LogP contribution in [0.3, 0.4) is 0 Å². The van der Waals surface area contributed by atoms with Crippen molar-refractivity contribution < 1.29 is 0 Å². The van der Waals surface area contributed by atoms with E-state index in [1.807, 2.05) is 12.2 Å². The molecule has 0 aromatic heterocycles. The highest BCUT2D eigenvalue weighted by molar-refractivity contribution is 4.99. The zero-order valence-electron chi connectivity index (χ0n) is 6.19. The molecule has 0 radical (unpaired) electrons. The van der Waals surface area contributed by atoms with Gasteiger partial charge in [-0.15, -0.1) is 0 Å². The van der Waals surface area contributed by atoms with Crippen LogP contribution in [0.25, 0.3) is 0 Å². The first-order valence-corrected chi connectivity index (χ1v) is 3.40. The quantitative estimate of drug-likeness (QED) is 0.389. The Morgan fingerprint density at radius 2 is 1.67 bits per heavy atom. The van der Waals surface area contributed by atoms with Gasteiger partial charge in [0.05, 0.1) is 12.3 Å². The summed E-state index contributed by atoms with van der Waals surface area (Å²) in [7, 11) is 0. The summed E-state index contributed by atoms with van der Waals surface area (Å²) in [4.78, 5) is 0. The van der Waals surface area contributed by atoms with E-state index in [1.165, 1.54) is 5.92 Å². The smallest absolute Gasteiger partial charge is 0.0989 e. The maximum atomic E-state index is 3.68. The van der Waals surface area contributed by atoms with Crippen LogP contribution in [0.15, 0.2) is 25.3 Å². The Kier molecular flexibility index (Phi) is 5.09. The number of rotatable bonds is 5. The molecule has 9 heavy (non-hydrogen) atoms. The van der Waals surface area contributed by atoms with Crippen LogP contribution in [-0.2, 0) is 0 Å². The van der Waals surface area contributed by atoms with Crippen LogP contribution in [0.1, 0.15) is 26.2 Å². The number of allylic oxidation sites excluding steroid dienone is 2. The molecular formula is C9H15+. The van der Waals surface area contributed by atoms with Gasteiger partial charge in [-0.25, -0.2) is 0 Å². The first-order valence-electron chi connectivity index (χ1n) is 3.40. The summed E-state index contributed by atoms with van der Waals surface area (Å²) in [6, 6.07) is 0. The summed E-state index contributed by atoms with van der Waals surface area (Å²) in [5.74, 6) is 1.51. The van der Waals surface area contributed by atoms with Crippen molar-refractivity contribution >= 4 is 0 Å². The lowest BCUT2D eigenvalue weighted by molar-refractivity contribution is 0.806. The molecule has 0 aliphatic rings. The number of hydrogen-bond donors (Lipinski definition) is 0. The monoisotopic (exact) mass is 123 g/mol. The number of hydrogen-bond acceptors (Lipinski definition) is 0. The van der Waals surface area contributed by atoms with Crippen molar-refractivity contribution in [2.45, 2.75) is 26.2 Å². The Balaban J connectivity index is 3.39. The Hall–Kier alpha value is -0.650. The van der Waals surface area contributed by atoms with E-state index in [0.717, 1.165) is 19.3 Å². The second-order valence-electron chi connectivity index (χ2n) is 2.09. The van der Waals surface area contributed by atoms with E-state index in [1.54, 1.807) is 0 Å². The molecule has 0 aromatic rings. The fourth-order valence-electron chi connectivity index (χ4n) is 0.780. The molecule has 0 saturated heterocycles. The van der Waals surface area contributed by atoms with Gasteiger partial charge in [0.2, 0.25) is 0 Å². The van der Waals surface area contributed by atoms with Gasteiger partial charge in [0.25, 0.3) is 0 Å². The van der Waals surface area contributed by atoms with Crippen molar-refractivity contribution in [3.8, 4) is 0 Å². The normalized spacial score (nSPS) is 8.56. The lowest BCUT2D eigenvalue weighted by Gasteiger charge is -1.95. The Bertz CT molecular complexity index is 72.0. The first kappa shape index (κ1) is 8.35. The fourth-order valence-corrected chi connectivity index (χ4v) is 0.780. The molecule has 0 unspecified atom stereocenters. The molecule has 0 aliphatic heterocycles. The maximum Gasteiger partial charge on any atom is 0.108 e. The Labute approximate surface area is 58.3 Å². The van der Waals surface area contributed by atoms with Crippen LogP contribution < -0.4 is 0 Å². The average molecular weight is 123 g/mol. The summed E-state index contributed by atoms with van der Waals surface area (Å²) in [6.07, 6.45) is 7.13. The van der Waals surface area contributed by atoms with Gasteiger partial charge >= 0.3 is 0 Å². The van der Waals surface area contributed by atoms with Gasteiger partial charge in [-0.2, -0.15) is 0 Å². The van der Waals surface area contributed by atoms with Gasteiger partial charge in [0, 0.05) is 0 Å². The summed E-state index contributed by atoms with van der Waals surface area (Å²) in [5, 5.41) is 0. The molecule has 0 nitrogen and oxygen atoms in total. The van der Waals surface area contributed by atoms with E-state index in [4.69, 9.17) is 0 Å². The molecule has 0 aliphatic carbocycles. The van der Waals surface area contributed by atoms with E-state index < -0.39 is 0 Å². The van der Waals surface area contributed by atoms with Crippen molar-refractivity contribution in [2.24, 2.45) is 0 Å². The van der Waals surface area contributed by atoms with E-state index in [2.05, 4.69) is 20.1 Å². The van der Waals surface area contributed by atoms with E-state index >= 15 is 0 Å². The van der Waals surface area contributed by atoms with Gasteiger partial charge in [0.1, 0.15) is 12.8 Å². The fraction of sp³-hybridized carbons (Fsp3) is 0.444. The molecule has 0 rings (SSSR count). The zero-order chi connectivity index (χ0) is 7.11. The highest BCUT2D eigenvalue weighted by Crippen LogP contribution is 2.15. The highest BCUT2D eigenvalue weighted by atomic mass is 14.0. The molecule has 0 fully saturated rings. The topological polar surface area (TPSA) is 0 Å². The standard InChI is InChI=1S/C9H15/c1-4-7-9(6-3)8-5-2/h4-5H,1-2,6-8H2,3H3/q+1. The highest BCUT2D eigenvalue weighted by Gasteiger charge is 2.11. The predicted molar refractivity (Wildman–Crippen MR) is 43.2 cm³/mol. The van der Waals surface area contributed by atoms with Gasteiger partial charge in [-0.1, -0.05) is 13.2 Å². The molecule has 0 heteroatoms. The molecule has 0 N–H and O–H groups in total. The van der Waals surface area contributed by atoms with Crippen molar-refractivity contribution in [1.29, 1.82) is 0 Å². The maximum absolute atomic E-state index is 3.68. The summed E-state index contributed by atoms with van der Waals surface area (Å²) in [6.45, 7) is 9.52. The zero-order valence-corrected chi connectivity index (χ0v) is 6.19. The van der Waals surface area contributed by atoms with Crippen molar-refractivity contribution in [2.75, 3.05) is 0 Å². The Morgan fingerprint density at radius 3 is 1.89 bits per heavy atom. The van der Waals surface area contributed by atoms with Crippen molar-refractivity contribution in [3.63, 3.8) is 0 Å². The van der Waals surface area contributed by atoms with Crippen molar-refractivity contribution in [3.05, 3.63) is 31.2 Å². The largest absolute Gasteiger partial charge is 0.108 e. The molecule has 0 amide bonds. The molecule has 0 atom stereocenters. The Morgan fingerprint density at radius 1 is 1.22 bits per heavy atom. The molecule has 0 bridgehead atoms. The predicted octanol–water partition coefficient (Wildman–Crippen LogP) is 3.12. The molecule has 0 saturated carbocycles. The summed E-state index contributed by atoms with van der Waals surface area (Å²) >= 11 is 0. The molecule has 0 spiro atoms. The van der Waals surface area contributed by atoms with Crippen LogP contribution >= 0.6 is 0 Å². The van der Waals surface area contributed by atoms with E-state index in [-0.39, 0.29) is 0 Å². The minimum absolute atomic E-state index is 1.04. The van der Waals surface area contributed by atoms with E-state index in [9.17, 15) is 0 Å². The first-order chi connectivity index (χ1) is 4.35. The summed E-state index contributed by atoms with van der Waals surface area (Å²) in [5.41, 5.74) is 0. The van der Waals surface area contributed by atoms with Crippen LogP contribution in [0.2, 0.25) is 0 Å². The van der Waals surface area contributed by atoms with Gasteiger partial charge in [-0.3, -0.25) is 0 Å². The third kappa shape index (κ3) is 3.89. The van der Waals surface area contributed by atoms with Gasteiger partial charge in [-0.05, 0) is 19.1 Å². The average Bonchev–Trinajstić information content (AvgIpc) is 1.88. The van der Waals surface area contributed by atoms with Crippen LogP contribution in [0, 0.1) is 5.92 Å². The molecule has 50 valence electrons. The second-order valence-corrected chi connectivity index (χ2v) is 2.09. The van der Waals surface area contributed by atoms with Crippen LogP contribution in [0.5, 0.6) is 0 Å². The molecule has 0 heterocycles. The lowest BCUT2D eigenvalue weighted by atomic mass is 9.99. The molecule has 0 aromatic carbocycles. The third-order valence-corrected chi connectivity index (χ3v) is 1.37. The van der Waals surface area contributed by atoms with Crippen LogP contribution in [0.4, 0.5) is 0 Å². The minimum atomic E-state index is 1.04. The third-order valence-electron chi connectivity index (χ3n) is 1.37. The molecular weight excluding hydrogens is 108 g/mol. The van der Waals surface area contributed by atoms with E-state index in [0.29, 0.717) is 0 Å². The minimum Gasteiger partial charge on any atom is -0.0989 e. The lowest BCUT2D eigenvalue weighted by Crippen LogP contribution is -1.90.